The normalized spacial score (nSPS) is 26.9. The molecule has 2 aliphatic heterocycles. The molecule has 1 aromatic rings. The molecule has 0 unspecified atom stereocenters. The zero-order valence-corrected chi connectivity index (χ0v) is 12.5. The van der Waals surface area contributed by atoms with E-state index in [1.165, 1.54) is 0 Å². The van der Waals surface area contributed by atoms with E-state index in [1.54, 1.807) is 18.7 Å². The Labute approximate surface area is 122 Å². The lowest BCUT2D eigenvalue weighted by Crippen LogP contribution is -2.49. The van der Waals surface area contributed by atoms with Crippen LogP contribution in [0, 0.1) is 12.8 Å². The van der Waals surface area contributed by atoms with Crippen molar-refractivity contribution in [3.05, 3.63) is 11.7 Å². The Bertz CT molecular complexity index is 473. The fourth-order valence-electron chi connectivity index (χ4n) is 2.89. The third-order valence-electron chi connectivity index (χ3n) is 3.89. The highest BCUT2D eigenvalue weighted by atomic mass is 32.2. The minimum Gasteiger partial charge on any atom is -0.341 e. The number of aryl methyl sites for hydroxylation is 1. The molecule has 1 amide bonds. The van der Waals surface area contributed by atoms with Crippen LogP contribution in [0.25, 0.3) is 0 Å². The van der Waals surface area contributed by atoms with Gasteiger partial charge in [0.1, 0.15) is 0 Å². The molecule has 20 heavy (non-hydrogen) atoms. The number of rotatable bonds is 3. The van der Waals surface area contributed by atoms with Crippen molar-refractivity contribution in [3.63, 3.8) is 0 Å². The summed E-state index contributed by atoms with van der Waals surface area (Å²) >= 11 is 1.79. The van der Waals surface area contributed by atoms with Gasteiger partial charge in [-0.25, -0.2) is 0 Å². The SMILES string of the molecule is Cc1nc(C[C@H]2CCCN(C(=O)[C@H]3CSCN3)C2)no1. The van der Waals surface area contributed by atoms with Crippen LogP contribution in [0.1, 0.15) is 24.6 Å². The van der Waals surface area contributed by atoms with Gasteiger partial charge in [0, 0.05) is 38.1 Å². The number of aromatic nitrogens is 2. The number of hydrogen-bond acceptors (Lipinski definition) is 6. The van der Waals surface area contributed by atoms with E-state index in [2.05, 4.69) is 15.5 Å². The van der Waals surface area contributed by atoms with Crippen molar-refractivity contribution < 1.29 is 9.32 Å². The van der Waals surface area contributed by atoms with Gasteiger partial charge in [-0.2, -0.15) is 4.98 Å². The molecule has 6 nitrogen and oxygen atoms in total. The van der Waals surface area contributed by atoms with Crippen LogP contribution in [0.5, 0.6) is 0 Å². The maximum absolute atomic E-state index is 12.4. The Morgan fingerprint density at radius 1 is 1.60 bits per heavy atom. The molecule has 2 saturated heterocycles. The summed E-state index contributed by atoms with van der Waals surface area (Å²) in [5.41, 5.74) is 0. The van der Waals surface area contributed by atoms with Crippen LogP contribution in [0.4, 0.5) is 0 Å². The molecule has 1 N–H and O–H groups in total. The number of carbonyl (C=O) groups excluding carboxylic acids is 1. The van der Waals surface area contributed by atoms with E-state index >= 15 is 0 Å². The van der Waals surface area contributed by atoms with E-state index in [0.717, 1.165) is 49.8 Å². The van der Waals surface area contributed by atoms with Gasteiger partial charge in [0.25, 0.3) is 0 Å². The summed E-state index contributed by atoms with van der Waals surface area (Å²) in [6.45, 7) is 3.50. The molecule has 3 heterocycles. The van der Waals surface area contributed by atoms with Crippen molar-refractivity contribution in [2.24, 2.45) is 5.92 Å². The molecule has 0 spiro atoms. The van der Waals surface area contributed by atoms with Crippen LogP contribution in [0.15, 0.2) is 4.52 Å². The Kier molecular flexibility index (Phi) is 4.26. The molecule has 0 radical (unpaired) electrons. The largest absolute Gasteiger partial charge is 0.341 e. The number of likely N-dealkylation sites (tertiary alicyclic amines) is 1. The zero-order chi connectivity index (χ0) is 13.9. The lowest BCUT2D eigenvalue weighted by atomic mass is 9.94. The van der Waals surface area contributed by atoms with Crippen molar-refractivity contribution in [3.8, 4) is 0 Å². The quantitative estimate of drug-likeness (QED) is 0.890. The molecule has 1 aromatic heterocycles. The Morgan fingerprint density at radius 3 is 3.20 bits per heavy atom. The maximum atomic E-state index is 12.4. The number of nitrogens with zero attached hydrogens (tertiary/aromatic N) is 3. The molecule has 3 rings (SSSR count). The summed E-state index contributed by atoms with van der Waals surface area (Å²) in [5.74, 6) is 3.84. The average molecular weight is 296 g/mol. The Hall–Kier alpha value is -1.08. The number of piperidine rings is 1. The van der Waals surface area contributed by atoms with Gasteiger partial charge in [-0.15, -0.1) is 11.8 Å². The Balaban J connectivity index is 1.57. The molecular weight excluding hydrogens is 276 g/mol. The van der Waals surface area contributed by atoms with Gasteiger partial charge in [0.15, 0.2) is 5.82 Å². The van der Waals surface area contributed by atoms with Gasteiger partial charge in [0.05, 0.1) is 6.04 Å². The Morgan fingerprint density at radius 2 is 2.50 bits per heavy atom. The lowest BCUT2D eigenvalue weighted by Gasteiger charge is -2.33. The fraction of sp³-hybridized carbons (Fsp3) is 0.769. The summed E-state index contributed by atoms with van der Waals surface area (Å²) in [7, 11) is 0. The van der Waals surface area contributed by atoms with Crippen molar-refractivity contribution in [1.82, 2.24) is 20.4 Å². The van der Waals surface area contributed by atoms with Crippen LogP contribution in [0.3, 0.4) is 0 Å². The van der Waals surface area contributed by atoms with Crippen molar-refractivity contribution >= 4 is 17.7 Å². The highest BCUT2D eigenvalue weighted by Crippen LogP contribution is 2.22. The van der Waals surface area contributed by atoms with E-state index in [9.17, 15) is 4.79 Å². The van der Waals surface area contributed by atoms with Crippen molar-refractivity contribution in [1.29, 1.82) is 0 Å². The van der Waals surface area contributed by atoms with Gasteiger partial charge < -0.3 is 9.42 Å². The van der Waals surface area contributed by atoms with Gasteiger partial charge in [-0.05, 0) is 18.8 Å². The first-order chi connectivity index (χ1) is 9.72. The van der Waals surface area contributed by atoms with E-state index in [0.29, 0.717) is 11.8 Å². The second kappa shape index (κ2) is 6.13. The van der Waals surface area contributed by atoms with E-state index in [1.807, 2.05) is 4.90 Å². The highest BCUT2D eigenvalue weighted by molar-refractivity contribution is 7.99. The topological polar surface area (TPSA) is 71.3 Å². The number of amides is 1. The van der Waals surface area contributed by atoms with Crippen LogP contribution < -0.4 is 5.32 Å². The molecule has 2 fully saturated rings. The summed E-state index contributed by atoms with van der Waals surface area (Å²) in [5, 5.41) is 7.21. The molecule has 2 aliphatic rings. The number of carbonyl (C=O) groups is 1. The van der Waals surface area contributed by atoms with Crippen molar-refractivity contribution in [2.45, 2.75) is 32.2 Å². The predicted molar refractivity (Wildman–Crippen MR) is 76.3 cm³/mol. The highest BCUT2D eigenvalue weighted by Gasteiger charge is 2.31. The smallest absolute Gasteiger partial charge is 0.240 e. The molecule has 2 atom stereocenters. The van der Waals surface area contributed by atoms with Gasteiger partial charge >= 0.3 is 0 Å². The van der Waals surface area contributed by atoms with Crippen LogP contribution in [0.2, 0.25) is 0 Å². The first-order valence-corrected chi connectivity index (χ1v) is 8.27. The summed E-state index contributed by atoms with van der Waals surface area (Å²) in [6, 6.07) is 0.00571. The van der Waals surface area contributed by atoms with E-state index in [4.69, 9.17) is 4.52 Å². The van der Waals surface area contributed by atoms with Crippen LogP contribution >= 0.6 is 11.8 Å². The number of hydrogen-bond donors (Lipinski definition) is 1. The standard InChI is InChI=1S/C13H20N4O2S/c1-9-15-12(16-19-9)5-10-3-2-4-17(6-10)13(18)11-7-20-8-14-11/h10-11,14H,2-8H2,1H3/t10-,11-/m1/s1. The molecule has 0 aromatic carbocycles. The summed E-state index contributed by atoms with van der Waals surface area (Å²) in [4.78, 5) is 18.7. The third kappa shape index (κ3) is 3.15. The molecule has 0 aliphatic carbocycles. The number of nitrogens with one attached hydrogen (secondary N) is 1. The second-order valence-corrected chi connectivity index (χ2v) is 6.53. The molecule has 0 saturated carbocycles. The average Bonchev–Trinajstić information content (AvgIpc) is 3.10. The summed E-state index contributed by atoms with van der Waals surface area (Å²) < 4.78 is 5.01. The third-order valence-corrected chi connectivity index (χ3v) is 4.83. The minimum atomic E-state index is 0.00571. The summed E-state index contributed by atoms with van der Waals surface area (Å²) in [6.07, 6.45) is 2.99. The van der Waals surface area contributed by atoms with Crippen LogP contribution in [-0.4, -0.2) is 51.7 Å². The predicted octanol–water partition coefficient (Wildman–Crippen LogP) is 0.822. The molecule has 110 valence electrons. The monoisotopic (exact) mass is 296 g/mol. The van der Waals surface area contributed by atoms with Gasteiger partial charge in [-0.1, -0.05) is 5.16 Å². The zero-order valence-electron chi connectivity index (χ0n) is 11.7. The minimum absolute atomic E-state index is 0.00571. The lowest BCUT2D eigenvalue weighted by molar-refractivity contribution is -0.134. The first kappa shape index (κ1) is 13.9. The van der Waals surface area contributed by atoms with E-state index < -0.39 is 0 Å². The van der Waals surface area contributed by atoms with Crippen molar-refractivity contribution in [2.75, 3.05) is 24.7 Å². The molecule has 0 bridgehead atoms. The molecular formula is C13H20N4O2S. The molecule has 7 heteroatoms. The van der Waals surface area contributed by atoms with Gasteiger partial charge in [-0.3, -0.25) is 10.1 Å². The maximum Gasteiger partial charge on any atom is 0.240 e. The van der Waals surface area contributed by atoms with Gasteiger partial charge in [0.2, 0.25) is 11.8 Å². The second-order valence-electron chi connectivity index (χ2n) is 5.50. The number of thioether (sulfide) groups is 1. The van der Waals surface area contributed by atoms with Crippen LogP contribution in [-0.2, 0) is 11.2 Å². The first-order valence-electron chi connectivity index (χ1n) is 7.11. The fourth-order valence-corrected chi connectivity index (χ4v) is 3.82. The van der Waals surface area contributed by atoms with E-state index in [-0.39, 0.29) is 11.9 Å².